The van der Waals surface area contributed by atoms with Crippen LogP contribution in [0.25, 0.3) is 0 Å². The van der Waals surface area contributed by atoms with E-state index in [1.54, 1.807) is 10.7 Å². The number of nitrogens with one attached hydrogen (secondary N) is 1. The molecule has 0 amide bonds. The van der Waals surface area contributed by atoms with Gasteiger partial charge in [0.15, 0.2) is 0 Å². The predicted molar refractivity (Wildman–Crippen MR) is 92.3 cm³/mol. The van der Waals surface area contributed by atoms with E-state index in [1.165, 1.54) is 0 Å². The minimum atomic E-state index is -0.00888. The highest BCUT2D eigenvalue weighted by molar-refractivity contribution is 6.43. The van der Waals surface area contributed by atoms with Crippen molar-refractivity contribution in [1.29, 1.82) is 0 Å². The minimum Gasteiger partial charge on any atom is -0.493 e. The molecule has 1 atom stereocenters. The van der Waals surface area contributed by atoms with Gasteiger partial charge in [0.2, 0.25) is 5.95 Å². The summed E-state index contributed by atoms with van der Waals surface area (Å²) in [6.07, 6.45) is 0.778. The summed E-state index contributed by atoms with van der Waals surface area (Å²) in [6, 6.07) is 13.3. The van der Waals surface area contributed by atoms with Gasteiger partial charge in [-0.2, -0.15) is 0 Å². The van der Waals surface area contributed by atoms with E-state index in [9.17, 15) is 0 Å². The molecule has 6 nitrogen and oxygen atoms in total. The normalized spacial score (nSPS) is 16.3. The number of tetrazole rings is 1. The molecule has 4 rings (SSSR count). The average Bonchev–Trinajstić information content (AvgIpc) is 3.06. The molecule has 1 aromatic heterocycles. The Bertz CT molecular complexity index is 882. The summed E-state index contributed by atoms with van der Waals surface area (Å²) in [4.78, 5) is 0. The molecule has 8 heteroatoms. The molecule has 1 aliphatic heterocycles. The van der Waals surface area contributed by atoms with Gasteiger partial charge in [0, 0.05) is 12.0 Å². The molecule has 2 aromatic carbocycles. The average molecular weight is 362 g/mol. The summed E-state index contributed by atoms with van der Waals surface area (Å²) >= 11 is 12.3. The third-order valence-electron chi connectivity index (χ3n) is 3.91. The van der Waals surface area contributed by atoms with E-state index >= 15 is 0 Å². The molecular formula is C16H13Cl2N5O. The third kappa shape index (κ3) is 2.68. The fourth-order valence-corrected chi connectivity index (χ4v) is 3.13. The largest absolute Gasteiger partial charge is 0.493 e. The van der Waals surface area contributed by atoms with E-state index in [0.717, 1.165) is 17.7 Å². The SMILES string of the molecule is Clc1cccc(Nc2nnnn2C2CCOc3ccccc32)c1Cl. The number of aromatic nitrogens is 4. The Labute approximate surface area is 148 Å². The summed E-state index contributed by atoms with van der Waals surface area (Å²) in [5.74, 6) is 1.36. The van der Waals surface area contributed by atoms with Gasteiger partial charge in [-0.25, -0.2) is 4.68 Å². The fourth-order valence-electron chi connectivity index (χ4n) is 2.78. The van der Waals surface area contributed by atoms with Crippen LogP contribution in [0, 0.1) is 0 Å². The lowest BCUT2D eigenvalue weighted by molar-refractivity contribution is 0.250. The maximum atomic E-state index is 6.24. The molecule has 122 valence electrons. The maximum absolute atomic E-state index is 6.24. The van der Waals surface area contributed by atoms with Crippen molar-refractivity contribution in [3.63, 3.8) is 0 Å². The summed E-state index contributed by atoms with van der Waals surface area (Å²) in [5, 5.41) is 16.1. The van der Waals surface area contributed by atoms with Crippen LogP contribution in [0.4, 0.5) is 11.6 Å². The van der Waals surface area contributed by atoms with E-state index in [0.29, 0.717) is 28.3 Å². The molecule has 1 aliphatic rings. The Morgan fingerprint density at radius 3 is 2.92 bits per heavy atom. The van der Waals surface area contributed by atoms with Gasteiger partial charge in [0.05, 0.1) is 28.4 Å². The number of halogens is 2. The van der Waals surface area contributed by atoms with Crippen molar-refractivity contribution in [2.24, 2.45) is 0 Å². The van der Waals surface area contributed by atoms with Crippen LogP contribution in [0.5, 0.6) is 5.75 Å². The number of ether oxygens (including phenoxy) is 1. The summed E-state index contributed by atoms with van der Waals surface area (Å²) in [7, 11) is 0. The molecule has 0 radical (unpaired) electrons. The van der Waals surface area contributed by atoms with Crippen molar-refractivity contribution >= 4 is 34.8 Å². The monoisotopic (exact) mass is 361 g/mol. The van der Waals surface area contributed by atoms with Crippen molar-refractivity contribution in [3.05, 3.63) is 58.1 Å². The van der Waals surface area contributed by atoms with Crippen LogP contribution in [0.2, 0.25) is 10.0 Å². The van der Waals surface area contributed by atoms with E-state index in [4.69, 9.17) is 27.9 Å². The highest BCUT2D eigenvalue weighted by Gasteiger charge is 2.26. The second-order valence-corrected chi connectivity index (χ2v) is 6.15. The van der Waals surface area contributed by atoms with E-state index in [2.05, 4.69) is 20.8 Å². The molecule has 0 aliphatic carbocycles. The van der Waals surface area contributed by atoms with Crippen LogP contribution in [-0.4, -0.2) is 26.8 Å². The van der Waals surface area contributed by atoms with Gasteiger partial charge >= 0.3 is 0 Å². The molecule has 1 unspecified atom stereocenters. The van der Waals surface area contributed by atoms with Crippen LogP contribution in [0.15, 0.2) is 42.5 Å². The molecule has 1 N–H and O–H groups in total. The Morgan fingerprint density at radius 1 is 1.12 bits per heavy atom. The van der Waals surface area contributed by atoms with E-state index < -0.39 is 0 Å². The molecule has 3 aromatic rings. The van der Waals surface area contributed by atoms with Crippen LogP contribution < -0.4 is 10.1 Å². The van der Waals surface area contributed by atoms with E-state index in [-0.39, 0.29) is 6.04 Å². The number of nitrogens with zero attached hydrogens (tertiary/aromatic N) is 4. The quantitative estimate of drug-likeness (QED) is 0.760. The van der Waals surface area contributed by atoms with Crippen LogP contribution in [0.3, 0.4) is 0 Å². The first-order valence-corrected chi connectivity index (χ1v) is 8.20. The minimum absolute atomic E-state index is 0.00888. The third-order valence-corrected chi connectivity index (χ3v) is 4.73. The first kappa shape index (κ1) is 15.2. The molecule has 0 bridgehead atoms. The van der Waals surface area contributed by atoms with Crippen molar-refractivity contribution in [2.75, 3.05) is 11.9 Å². The zero-order valence-corrected chi connectivity index (χ0v) is 14.0. The van der Waals surface area contributed by atoms with Gasteiger partial charge in [-0.1, -0.05) is 52.6 Å². The van der Waals surface area contributed by atoms with Crippen molar-refractivity contribution in [2.45, 2.75) is 12.5 Å². The Balaban J connectivity index is 1.70. The number of anilines is 2. The highest BCUT2D eigenvalue weighted by Crippen LogP contribution is 2.36. The fraction of sp³-hybridized carbons (Fsp3) is 0.188. The Morgan fingerprint density at radius 2 is 2.00 bits per heavy atom. The van der Waals surface area contributed by atoms with Gasteiger partial charge in [0.25, 0.3) is 0 Å². The van der Waals surface area contributed by atoms with Gasteiger partial charge in [-0.15, -0.1) is 0 Å². The summed E-state index contributed by atoms with van der Waals surface area (Å²) in [6.45, 7) is 0.610. The van der Waals surface area contributed by atoms with Crippen molar-refractivity contribution < 1.29 is 4.74 Å². The van der Waals surface area contributed by atoms with Gasteiger partial charge < -0.3 is 10.1 Å². The standard InChI is InChI=1S/C16H13Cl2N5O/c17-11-5-3-6-12(15(11)18)19-16-20-21-22-23(16)13-8-9-24-14-7-2-1-4-10(13)14/h1-7,13H,8-9H2,(H,19,20,22). The lowest BCUT2D eigenvalue weighted by Crippen LogP contribution is -2.22. The van der Waals surface area contributed by atoms with E-state index in [1.807, 2.05) is 36.4 Å². The molecule has 0 spiro atoms. The molecule has 0 saturated heterocycles. The first-order valence-electron chi connectivity index (χ1n) is 7.44. The molecule has 24 heavy (non-hydrogen) atoms. The number of fused-ring (bicyclic) bond motifs is 1. The highest BCUT2D eigenvalue weighted by atomic mass is 35.5. The van der Waals surface area contributed by atoms with Crippen molar-refractivity contribution in [3.8, 4) is 5.75 Å². The second kappa shape index (κ2) is 6.30. The number of rotatable bonds is 3. The molecule has 2 heterocycles. The van der Waals surface area contributed by atoms with Gasteiger partial charge in [0.1, 0.15) is 5.75 Å². The van der Waals surface area contributed by atoms with Gasteiger partial charge in [-0.05, 0) is 28.6 Å². The predicted octanol–water partition coefficient (Wildman–Crippen LogP) is 4.10. The second-order valence-electron chi connectivity index (χ2n) is 5.36. The van der Waals surface area contributed by atoms with Crippen LogP contribution in [-0.2, 0) is 0 Å². The molecular weight excluding hydrogens is 349 g/mol. The number of benzene rings is 2. The summed E-state index contributed by atoms with van der Waals surface area (Å²) < 4.78 is 7.45. The first-order chi connectivity index (χ1) is 11.7. The lowest BCUT2D eigenvalue weighted by Gasteiger charge is -2.26. The van der Waals surface area contributed by atoms with Crippen LogP contribution in [0.1, 0.15) is 18.0 Å². The summed E-state index contributed by atoms with van der Waals surface area (Å²) in [5.41, 5.74) is 1.71. The Hall–Kier alpha value is -2.31. The molecule has 0 saturated carbocycles. The smallest absolute Gasteiger partial charge is 0.248 e. The number of hydrogen-bond donors (Lipinski definition) is 1. The van der Waals surface area contributed by atoms with Gasteiger partial charge in [-0.3, -0.25) is 0 Å². The zero-order valence-electron chi connectivity index (χ0n) is 12.5. The van der Waals surface area contributed by atoms with Crippen molar-refractivity contribution in [1.82, 2.24) is 20.2 Å². The number of para-hydroxylation sites is 1. The lowest BCUT2D eigenvalue weighted by atomic mass is 10.0. The van der Waals surface area contributed by atoms with Crippen LogP contribution >= 0.6 is 23.2 Å². The Kier molecular flexibility index (Phi) is 4.00. The molecule has 0 fully saturated rings. The maximum Gasteiger partial charge on any atom is 0.248 e. The number of hydrogen-bond acceptors (Lipinski definition) is 5. The zero-order chi connectivity index (χ0) is 16.5. The topological polar surface area (TPSA) is 64.9 Å².